The lowest BCUT2D eigenvalue weighted by molar-refractivity contribution is -0.136. The minimum atomic E-state index is -4.71. The Kier molecular flexibility index (Phi) is 7.53. The van der Waals surface area contributed by atoms with Crippen LogP contribution in [-0.4, -0.2) is 71.9 Å². The van der Waals surface area contributed by atoms with E-state index in [0.717, 1.165) is 11.6 Å². The summed E-state index contributed by atoms with van der Waals surface area (Å²) < 4.78 is 50.6. The van der Waals surface area contributed by atoms with Crippen molar-refractivity contribution < 1.29 is 27.5 Å². The molecule has 15 heteroatoms. The summed E-state index contributed by atoms with van der Waals surface area (Å²) in [7, 11) is 0. The largest absolute Gasteiger partial charge is 0.445 e. The molecule has 0 aliphatic carbocycles. The van der Waals surface area contributed by atoms with Crippen LogP contribution in [0.3, 0.4) is 0 Å². The predicted octanol–water partition coefficient (Wildman–Crippen LogP) is 4.29. The number of nitrogens with one attached hydrogen (secondary N) is 2. The lowest BCUT2D eigenvalue weighted by Gasteiger charge is -2.23. The summed E-state index contributed by atoms with van der Waals surface area (Å²) in [5.74, 6) is -0.414. The molecule has 44 heavy (non-hydrogen) atoms. The SMILES string of the molecule is CC(C)n1cc(-c2nc3c4cccc(C(F)(F)F)c4nc(N[C@@H]4CN(C(=O)OCc5ccccc5)CCNC4=O)n3n2)cn1. The maximum atomic E-state index is 14.1. The van der Waals surface area contributed by atoms with E-state index in [1.807, 2.05) is 44.2 Å². The van der Waals surface area contributed by atoms with Gasteiger partial charge in [-0.1, -0.05) is 36.4 Å². The van der Waals surface area contributed by atoms with Crippen LogP contribution in [0.15, 0.2) is 60.9 Å². The highest BCUT2D eigenvalue weighted by atomic mass is 19.4. The zero-order valence-corrected chi connectivity index (χ0v) is 23.7. The Morgan fingerprint density at radius 2 is 1.93 bits per heavy atom. The summed E-state index contributed by atoms with van der Waals surface area (Å²) in [5, 5.41) is 14.6. The molecule has 1 aliphatic rings. The van der Waals surface area contributed by atoms with E-state index < -0.39 is 29.8 Å². The number of para-hydroxylation sites is 1. The molecule has 1 fully saturated rings. The summed E-state index contributed by atoms with van der Waals surface area (Å²) in [4.78, 5) is 36.2. The highest BCUT2D eigenvalue weighted by molar-refractivity contribution is 5.95. The summed E-state index contributed by atoms with van der Waals surface area (Å²) in [6.07, 6.45) is -2.04. The number of amides is 2. The second-order valence-electron chi connectivity index (χ2n) is 10.6. The molecule has 1 aliphatic heterocycles. The van der Waals surface area contributed by atoms with Gasteiger partial charge in [0.15, 0.2) is 11.5 Å². The number of carbonyl (C=O) groups excluding carboxylic acids is 2. The Morgan fingerprint density at radius 1 is 1.14 bits per heavy atom. The fraction of sp³-hybridized carbons (Fsp3) is 0.310. The normalized spacial score (nSPS) is 15.9. The number of benzene rings is 2. The van der Waals surface area contributed by atoms with Crippen molar-refractivity contribution in [2.75, 3.05) is 25.0 Å². The lowest BCUT2D eigenvalue weighted by Crippen LogP contribution is -2.44. The number of hydrogen-bond acceptors (Lipinski definition) is 8. The molecule has 6 rings (SSSR count). The van der Waals surface area contributed by atoms with E-state index in [1.165, 1.54) is 21.5 Å². The Morgan fingerprint density at radius 3 is 2.66 bits per heavy atom. The van der Waals surface area contributed by atoms with Crippen molar-refractivity contribution in [3.8, 4) is 11.4 Å². The number of ether oxygens (including phenoxy) is 1. The molecule has 0 unspecified atom stereocenters. The van der Waals surface area contributed by atoms with Gasteiger partial charge in [-0.2, -0.15) is 22.8 Å². The first-order chi connectivity index (χ1) is 21.1. The van der Waals surface area contributed by atoms with Gasteiger partial charge in [0, 0.05) is 30.7 Å². The van der Waals surface area contributed by atoms with E-state index in [-0.39, 0.29) is 60.6 Å². The topological polar surface area (TPSA) is 132 Å². The first-order valence-electron chi connectivity index (χ1n) is 13.9. The van der Waals surface area contributed by atoms with E-state index in [2.05, 4.69) is 30.8 Å². The van der Waals surface area contributed by atoms with Gasteiger partial charge < -0.3 is 20.3 Å². The molecule has 2 amide bonds. The van der Waals surface area contributed by atoms with Crippen LogP contribution >= 0.6 is 0 Å². The molecule has 0 saturated carbocycles. The van der Waals surface area contributed by atoms with Crippen molar-refractivity contribution >= 4 is 34.5 Å². The second kappa shape index (κ2) is 11.5. The minimum absolute atomic E-state index is 0.0395. The third-order valence-corrected chi connectivity index (χ3v) is 7.16. The molecule has 228 valence electrons. The molecule has 0 bridgehead atoms. The highest BCUT2D eigenvalue weighted by Crippen LogP contribution is 2.36. The van der Waals surface area contributed by atoms with Gasteiger partial charge in [0.2, 0.25) is 11.9 Å². The van der Waals surface area contributed by atoms with Crippen molar-refractivity contribution in [1.82, 2.24) is 39.6 Å². The Bertz CT molecular complexity index is 1840. The maximum Gasteiger partial charge on any atom is 0.418 e. The molecule has 4 heterocycles. The number of hydrogen-bond donors (Lipinski definition) is 2. The molecule has 0 radical (unpaired) electrons. The van der Waals surface area contributed by atoms with Gasteiger partial charge in [0.1, 0.15) is 12.6 Å². The third kappa shape index (κ3) is 5.72. The van der Waals surface area contributed by atoms with Crippen molar-refractivity contribution in [2.45, 2.75) is 38.7 Å². The van der Waals surface area contributed by atoms with E-state index in [4.69, 9.17) is 4.74 Å². The summed E-state index contributed by atoms with van der Waals surface area (Å²) >= 11 is 0. The van der Waals surface area contributed by atoms with Crippen molar-refractivity contribution in [1.29, 1.82) is 0 Å². The van der Waals surface area contributed by atoms with Gasteiger partial charge in [-0.15, -0.1) is 5.10 Å². The van der Waals surface area contributed by atoms with Gasteiger partial charge in [0.05, 0.1) is 29.4 Å². The smallest absolute Gasteiger partial charge is 0.418 e. The van der Waals surface area contributed by atoms with Crippen molar-refractivity contribution in [3.05, 3.63) is 72.1 Å². The maximum absolute atomic E-state index is 14.1. The van der Waals surface area contributed by atoms with Gasteiger partial charge in [0.25, 0.3) is 0 Å². The van der Waals surface area contributed by atoms with Crippen molar-refractivity contribution in [3.63, 3.8) is 0 Å². The van der Waals surface area contributed by atoms with Gasteiger partial charge in [-0.3, -0.25) is 9.48 Å². The molecule has 1 saturated heterocycles. The molecule has 1 atom stereocenters. The molecule has 0 spiro atoms. The summed E-state index contributed by atoms with van der Waals surface area (Å²) in [5.41, 5.74) is 0.120. The number of carbonyl (C=O) groups is 2. The number of alkyl halides is 3. The number of halogens is 3. The number of fused-ring (bicyclic) bond motifs is 3. The van der Waals surface area contributed by atoms with Gasteiger partial charge >= 0.3 is 12.3 Å². The lowest BCUT2D eigenvalue weighted by atomic mass is 10.1. The molecule has 2 N–H and O–H groups in total. The summed E-state index contributed by atoms with van der Waals surface area (Å²) in [6.45, 7) is 4.13. The van der Waals surface area contributed by atoms with Crippen LogP contribution < -0.4 is 10.6 Å². The number of rotatable bonds is 6. The Balaban J connectivity index is 1.38. The average Bonchev–Trinajstić information content (AvgIpc) is 3.63. The van der Waals surface area contributed by atoms with E-state index >= 15 is 0 Å². The van der Waals surface area contributed by atoms with E-state index in [0.29, 0.717) is 5.56 Å². The Labute approximate surface area is 248 Å². The van der Waals surface area contributed by atoms with Crippen LogP contribution in [0.4, 0.5) is 23.9 Å². The second-order valence-corrected chi connectivity index (χ2v) is 10.6. The number of anilines is 1. The van der Waals surface area contributed by atoms with Crippen LogP contribution in [-0.2, 0) is 22.3 Å². The van der Waals surface area contributed by atoms with Crippen LogP contribution in [0.5, 0.6) is 0 Å². The van der Waals surface area contributed by atoms with Crippen LogP contribution in [0.2, 0.25) is 0 Å². The highest BCUT2D eigenvalue weighted by Gasteiger charge is 2.35. The molecular weight excluding hydrogens is 579 g/mol. The standard InChI is InChI=1S/C29H28F3N9O3/c1-17(2)40-14-19(13-34-40)24-37-25-20-9-6-10-21(29(30,31)32)23(20)36-27(41(25)38-24)35-22-15-39(12-11-33-26(22)42)28(43)44-16-18-7-4-3-5-8-18/h3-10,13-14,17,22H,11-12,15-16H2,1-2H3,(H,33,42)(H,35,36)/t22-/m1/s1. The Hall–Kier alpha value is -5.21. The van der Waals surface area contributed by atoms with Crippen LogP contribution in [0.25, 0.3) is 27.9 Å². The van der Waals surface area contributed by atoms with Gasteiger partial charge in [-0.25, -0.2) is 14.8 Å². The molecule has 3 aromatic heterocycles. The van der Waals surface area contributed by atoms with Gasteiger partial charge in [-0.05, 0) is 31.5 Å². The van der Waals surface area contributed by atoms with Crippen molar-refractivity contribution in [2.24, 2.45) is 0 Å². The molecule has 12 nitrogen and oxygen atoms in total. The average molecular weight is 608 g/mol. The predicted molar refractivity (Wildman–Crippen MR) is 154 cm³/mol. The monoisotopic (exact) mass is 607 g/mol. The molecular formula is C29H28F3N9O3. The molecule has 2 aromatic carbocycles. The zero-order chi connectivity index (χ0) is 31.0. The minimum Gasteiger partial charge on any atom is -0.445 e. The fourth-order valence-corrected chi connectivity index (χ4v) is 4.89. The first-order valence-corrected chi connectivity index (χ1v) is 13.9. The summed E-state index contributed by atoms with van der Waals surface area (Å²) in [6, 6.07) is 11.8. The van der Waals surface area contributed by atoms with E-state index in [9.17, 15) is 22.8 Å². The quantitative estimate of drug-likeness (QED) is 0.292. The molecule has 5 aromatic rings. The fourth-order valence-electron chi connectivity index (χ4n) is 4.89. The van der Waals surface area contributed by atoms with Crippen LogP contribution in [0, 0.1) is 0 Å². The van der Waals surface area contributed by atoms with Crippen LogP contribution in [0.1, 0.15) is 31.0 Å². The first kappa shape index (κ1) is 28.9. The zero-order valence-electron chi connectivity index (χ0n) is 23.7. The number of aromatic nitrogens is 6. The number of nitrogens with zero attached hydrogens (tertiary/aromatic N) is 7. The van der Waals surface area contributed by atoms with E-state index in [1.54, 1.807) is 17.1 Å². The third-order valence-electron chi connectivity index (χ3n) is 7.16.